The van der Waals surface area contributed by atoms with Crippen LogP contribution < -0.4 is 16.0 Å². The third kappa shape index (κ3) is 8.93. The van der Waals surface area contributed by atoms with Crippen molar-refractivity contribution in [2.24, 2.45) is 0 Å². The van der Waals surface area contributed by atoms with Crippen LogP contribution in [-0.4, -0.2) is 43.7 Å². The van der Waals surface area contributed by atoms with E-state index in [0.717, 1.165) is 31.7 Å². The zero-order chi connectivity index (χ0) is 18.3. The minimum absolute atomic E-state index is 0.202. The topological polar surface area (TPSA) is 70.2 Å². The largest absolute Gasteiger partial charge is 0.352 e. The molecule has 0 unspecified atom stereocenters. The standard InChI is InChI=1S/C19H31N3O2S/c1-2-11-21-18(23)16-9-5-6-10-17(16)19(24)22-14-13-20-12-7-3-4-8-15-25/h5-6,9-10,20,25H,2-4,7-8,11-15H2,1H3,(H,21,23)(H,22,24). The maximum atomic E-state index is 12.3. The van der Waals surface area contributed by atoms with Crippen molar-refractivity contribution in [1.29, 1.82) is 0 Å². The molecule has 0 fully saturated rings. The highest BCUT2D eigenvalue weighted by Gasteiger charge is 2.15. The highest BCUT2D eigenvalue weighted by Crippen LogP contribution is 2.08. The summed E-state index contributed by atoms with van der Waals surface area (Å²) in [6.07, 6.45) is 5.60. The maximum absolute atomic E-state index is 12.3. The fraction of sp³-hybridized carbons (Fsp3) is 0.579. The molecule has 2 amide bonds. The summed E-state index contributed by atoms with van der Waals surface area (Å²) in [5, 5.41) is 9.00. The molecule has 0 heterocycles. The Balaban J connectivity index is 2.32. The normalized spacial score (nSPS) is 10.5. The molecule has 0 aromatic heterocycles. The van der Waals surface area contributed by atoms with Crippen LogP contribution >= 0.6 is 12.6 Å². The van der Waals surface area contributed by atoms with Crippen LogP contribution in [0.25, 0.3) is 0 Å². The predicted octanol–water partition coefficient (Wildman–Crippen LogP) is 2.64. The van der Waals surface area contributed by atoms with Crippen molar-refractivity contribution in [2.45, 2.75) is 39.0 Å². The van der Waals surface area contributed by atoms with Crippen molar-refractivity contribution >= 4 is 24.4 Å². The Morgan fingerprint density at radius 1 is 0.840 bits per heavy atom. The van der Waals surface area contributed by atoms with E-state index in [2.05, 4.69) is 28.6 Å². The molecule has 1 aromatic carbocycles. The van der Waals surface area contributed by atoms with Crippen LogP contribution in [0.3, 0.4) is 0 Å². The van der Waals surface area contributed by atoms with Gasteiger partial charge in [-0.1, -0.05) is 31.9 Å². The van der Waals surface area contributed by atoms with Gasteiger partial charge < -0.3 is 16.0 Å². The van der Waals surface area contributed by atoms with Crippen molar-refractivity contribution < 1.29 is 9.59 Å². The molecule has 1 rings (SSSR count). The van der Waals surface area contributed by atoms with Crippen LogP contribution in [0.2, 0.25) is 0 Å². The molecule has 140 valence electrons. The van der Waals surface area contributed by atoms with E-state index in [1.54, 1.807) is 24.3 Å². The summed E-state index contributed by atoms with van der Waals surface area (Å²) in [6.45, 7) is 4.82. The molecule has 0 spiro atoms. The first kappa shape index (κ1) is 21.5. The first-order valence-corrected chi connectivity index (χ1v) is 9.81. The van der Waals surface area contributed by atoms with Gasteiger partial charge in [-0.05, 0) is 43.7 Å². The zero-order valence-corrected chi connectivity index (χ0v) is 16.0. The van der Waals surface area contributed by atoms with Crippen molar-refractivity contribution in [1.82, 2.24) is 16.0 Å². The Bertz CT molecular complexity index is 523. The van der Waals surface area contributed by atoms with E-state index in [4.69, 9.17) is 0 Å². The number of hydrogen-bond acceptors (Lipinski definition) is 4. The first-order chi connectivity index (χ1) is 12.2. The number of amides is 2. The molecule has 0 aliphatic carbocycles. The maximum Gasteiger partial charge on any atom is 0.252 e. The van der Waals surface area contributed by atoms with E-state index < -0.39 is 0 Å². The highest BCUT2D eigenvalue weighted by atomic mass is 32.1. The summed E-state index contributed by atoms with van der Waals surface area (Å²) in [4.78, 5) is 24.5. The van der Waals surface area contributed by atoms with E-state index in [9.17, 15) is 9.59 Å². The molecule has 0 saturated heterocycles. The van der Waals surface area contributed by atoms with Crippen LogP contribution in [0.5, 0.6) is 0 Å². The second-order valence-electron chi connectivity index (χ2n) is 5.95. The number of hydrogen-bond donors (Lipinski definition) is 4. The molecule has 3 N–H and O–H groups in total. The lowest BCUT2D eigenvalue weighted by Crippen LogP contribution is -2.34. The zero-order valence-electron chi connectivity index (χ0n) is 15.1. The van der Waals surface area contributed by atoms with Gasteiger partial charge in [0.1, 0.15) is 0 Å². The monoisotopic (exact) mass is 365 g/mol. The van der Waals surface area contributed by atoms with E-state index in [1.165, 1.54) is 19.3 Å². The van der Waals surface area contributed by atoms with Gasteiger partial charge in [-0.3, -0.25) is 9.59 Å². The number of benzene rings is 1. The van der Waals surface area contributed by atoms with E-state index >= 15 is 0 Å². The Hall–Kier alpha value is -1.53. The fourth-order valence-corrected chi connectivity index (χ4v) is 2.64. The molecule has 0 radical (unpaired) electrons. The Morgan fingerprint density at radius 2 is 1.44 bits per heavy atom. The predicted molar refractivity (Wildman–Crippen MR) is 107 cm³/mol. The molecule has 0 aliphatic rings. The number of thiol groups is 1. The molecular weight excluding hydrogens is 334 g/mol. The SMILES string of the molecule is CCCNC(=O)c1ccccc1C(=O)NCCNCCCCCCS. The van der Waals surface area contributed by atoms with Gasteiger partial charge in [0.2, 0.25) is 0 Å². The van der Waals surface area contributed by atoms with E-state index in [1.807, 2.05) is 6.92 Å². The summed E-state index contributed by atoms with van der Waals surface area (Å²) >= 11 is 4.20. The minimum Gasteiger partial charge on any atom is -0.352 e. The van der Waals surface area contributed by atoms with Crippen LogP contribution in [0.1, 0.15) is 59.7 Å². The third-order valence-corrected chi connectivity index (χ3v) is 4.12. The average molecular weight is 366 g/mol. The summed E-state index contributed by atoms with van der Waals surface area (Å²) in [5.41, 5.74) is 0.841. The van der Waals surface area contributed by atoms with Crippen molar-refractivity contribution in [2.75, 3.05) is 31.9 Å². The van der Waals surface area contributed by atoms with Crippen LogP contribution in [-0.2, 0) is 0 Å². The fourth-order valence-electron chi connectivity index (χ4n) is 2.41. The molecule has 5 nitrogen and oxygen atoms in total. The van der Waals surface area contributed by atoms with Crippen LogP contribution in [0.15, 0.2) is 24.3 Å². The van der Waals surface area contributed by atoms with Gasteiger partial charge in [-0.2, -0.15) is 12.6 Å². The molecule has 0 bridgehead atoms. The summed E-state index contributed by atoms with van der Waals surface area (Å²) in [5.74, 6) is 0.544. The second kappa shape index (κ2) is 13.7. The first-order valence-electron chi connectivity index (χ1n) is 9.17. The van der Waals surface area contributed by atoms with Gasteiger partial charge in [-0.15, -0.1) is 0 Å². The molecule has 0 saturated carbocycles. The van der Waals surface area contributed by atoms with Crippen LogP contribution in [0.4, 0.5) is 0 Å². The summed E-state index contributed by atoms with van der Waals surface area (Å²) in [6, 6.07) is 6.91. The van der Waals surface area contributed by atoms with E-state index in [-0.39, 0.29) is 11.8 Å². The Morgan fingerprint density at radius 3 is 2.04 bits per heavy atom. The molecular formula is C19H31N3O2S. The highest BCUT2D eigenvalue weighted by molar-refractivity contribution is 7.80. The molecule has 6 heteroatoms. The van der Waals surface area contributed by atoms with Gasteiger partial charge >= 0.3 is 0 Å². The van der Waals surface area contributed by atoms with E-state index in [0.29, 0.717) is 24.2 Å². The Labute approximate surface area is 156 Å². The number of nitrogens with one attached hydrogen (secondary N) is 3. The van der Waals surface area contributed by atoms with Gasteiger partial charge in [0, 0.05) is 19.6 Å². The summed E-state index contributed by atoms with van der Waals surface area (Å²) in [7, 11) is 0. The number of carbonyl (C=O) groups is 2. The molecule has 0 aliphatic heterocycles. The lowest BCUT2D eigenvalue weighted by Gasteiger charge is -2.11. The lowest BCUT2D eigenvalue weighted by molar-refractivity contribution is 0.0919. The van der Waals surface area contributed by atoms with Crippen molar-refractivity contribution in [3.63, 3.8) is 0 Å². The van der Waals surface area contributed by atoms with Gasteiger partial charge in [0.15, 0.2) is 0 Å². The summed E-state index contributed by atoms with van der Waals surface area (Å²) < 4.78 is 0. The molecule has 25 heavy (non-hydrogen) atoms. The average Bonchev–Trinajstić information content (AvgIpc) is 2.64. The minimum atomic E-state index is -0.210. The van der Waals surface area contributed by atoms with Crippen molar-refractivity contribution in [3.8, 4) is 0 Å². The number of carbonyl (C=O) groups excluding carboxylic acids is 2. The second-order valence-corrected chi connectivity index (χ2v) is 6.39. The Kier molecular flexibility index (Phi) is 11.8. The quantitative estimate of drug-likeness (QED) is 0.321. The van der Waals surface area contributed by atoms with Gasteiger partial charge in [0.25, 0.3) is 11.8 Å². The third-order valence-electron chi connectivity index (χ3n) is 3.80. The van der Waals surface area contributed by atoms with Crippen LogP contribution in [0, 0.1) is 0 Å². The molecule has 1 aromatic rings. The number of unbranched alkanes of at least 4 members (excludes halogenated alkanes) is 3. The lowest BCUT2D eigenvalue weighted by atomic mass is 10.1. The van der Waals surface area contributed by atoms with Crippen molar-refractivity contribution in [3.05, 3.63) is 35.4 Å². The number of rotatable bonds is 13. The molecule has 0 atom stereocenters. The van der Waals surface area contributed by atoms with Gasteiger partial charge in [-0.25, -0.2) is 0 Å². The smallest absolute Gasteiger partial charge is 0.252 e. The van der Waals surface area contributed by atoms with Gasteiger partial charge in [0.05, 0.1) is 11.1 Å².